The second-order valence-corrected chi connectivity index (χ2v) is 6.96. The Bertz CT molecular complexity index is 717. The van der Waals surface area contributed by atoms with E-state index in [2.05, 4.69) is 9.88 Å². The third-order valence-electron chi connectivity index (χ3n) is 3.95. The summed E-state index contributed by atoms with van der Waals surface area (Å²) in [6.07, 6.45) is 2.00. The van der Waals surface area contributed by atoms with Crippen molar-refractivity contribution in [2.24, 2.45) is 0 Å². The van der Waals surface area contributed by atoms with Crippen molar-refractivity contribution in [2.45, 2.75) is 38.9 Å². The molecule has 0 bridgehead atoms. The maximum atomic E-state index is 13.7. The molecule has 5 heteroatoms. The van der Waals surface area contributed by atoms with E-state index in [-0.39, 0.29) is 23.4 Å². The minimum Gasteiger partial charge on any atom is -0.348 e. The molecule has 1 N–H and O–H groups in total. The zero-order chi connectivity index (χ0) is 16.6. The number of aromatic nitrogens is 1. The first-order valence-corrected chi connectivity index (χ1v) is 7.84. The predicted octanol–water partition coefficient (Wildman–Crippen LogP) is 3.54. The smallest absolute Gasteiger partial charge is 0.318 e. The molecule has 0 saturated carbocycles. The lowest BCUT2D eigenvalue weighted by atomic mass is 10.00. The largest absolute Gasteiger partial charge is 0.348 e. The SMILES string of the molecule is CC(C)(C)NC(=O)N1CCn2cccc2C1c1cccc(F)c1. The molecule has 1 aromatic carbocycles. The first kappa shape index (κ1) is 15.6. The Morgan fingerprint density at radius 3 is 2.70 bits per heavy atom. The molecule has 23 heavy (non-hydrogen) atoms. The van der Waals surface area contributed by atoms with E-state index in [4.69, 9.17) is 0 Å². The molecule has 4 nitrogen and oxygen atoms in total. The summed E-state index contributed by atoms with van der Waals surface area (Å²) in [5.41, 5.74) is 1.47. The van der Waals surface area contributed by atoms with Gasteiger partial charge in [-0.25, -0.2) is 9.18 Å². The summed E-state index contributed by atoms with van der Waals surface area (Å²) < 4.78 is 15.8. The Labute approximate surface area is 135 Å². The highest BCUT2D eigenvalue weighted by Crippen LogP contribution is 2.32. The molecule has 0 aliphatic carbocycles. The van der Waals surface area contributed by atoms with E-state index in [0.717, 1.165) is 17.8 Å². The number of hydrogen-bond acceptors (Lipinski definition) is 1. The predicted molar refractivity (Wildman–Crippen MR) is 87.7 cm³/mol. The maximum Gasteiger partial charge on any atom is 0.318 e. The summed E-state index contributed by atoms with van der Waals surface area (Å²) in [6, 6.07) is 10.0. The number of halogens is 1. The number of benzene rings is 1. The van der Waals surface area contributed by atoms with Gasteiger partial charge in [-0.1, -0.05) is 12.1 Å². The van der Waals surface area contributed by atoms with Crippen LogP contribution in [0, 0.1) is 5.82 Å². The van der Waals surface area contributed by atoms with E-state index in [9.17, 15) is 9.18 Å². The van der Waals surface area contributed by atoms with Crippen molar-refractivity contribution < 1.29 is 9.18 Å². The number of fused-ring (bicyclic) bond motifs is 1. The van der Waals surface area contributed by atoms with E-state index in [1.807, 2.05) is 45.2 Å². The molecule has 2 amide bonds. The van der Waals surface area contributed by atoms with Gasteiger partial charge in [0.1, 0.15) is 5.82 Å². The Morgan fingerprint density at radius 2 is 2.00 bits per heavy atom. The second kappa shape index (κ2) is 5.72. The number of carbonyl (C=O) groups excluding carboxylic acids is 1. The van der Waals surface area contributed by atoms with E-state index in [1.165, 1.54) is 12.1 Å². The highest BCUT2D eigenvalue weighted by Gasteiger charge is 2.33. The molecular weight excluding hydrogens is 293 g/mol. The fourth-order valence-corrected chi connectivity index (χ4v) is 3.02. The molecule has 1 aliphatic heterocycles. The van der Waals surface area contributed by atoms with Crippen LogP contribution in [0.5, 0.6) is 0 Å². The van der Waals surface area contributed by atoms with Crippen molar-refractivity contribution >= 4 is 6.03 Å². The monoisotopic (exact) mass is 315 g/mol. The van der Waals surface area contributed by atoms with Gasteiger partial charge >= 0.3 is 6.03 Å². The van der Waals surface area contributed by atoms with Crippen LogP contribution in [0.25, 0.3) is 0 Å². The zero-order valence-electron chi connectivity index (χ0n) is 13.7. The fraction of sp³-hybridized carbons (Fsp3) is 0.389. The first-order chi connectivity index (χ1) is 10.8. The molecule has 2 aromatic rings. The lowest BCUT2D eigenvalue weighted by molar-refractivity contribution is 0.160. The molecule has 0 radical (unpaired) electrons. The van der Waals surface area contributed by atoms with E-state index in [0.29, 0.717) is 6.54 Å². The normalized spacial score (nSPS) is 17.7. The summed E-state index contributed by atoms with van der Waals surface area (Å²) in [5, 5.41) is 3.01. The lowest BCUT2D eigenvalue weighted by Crippen LogP contribution is -2.52. The van der Waals surface area contributed by atoms with Crippen molar-refractivity contribution in [3.05, 3.63) is 59.7 Å². The van der Waals surface area contributed by atoms with E-state index in [1.54, 1.807) is 11.0 Å². The van der Waals surface area contributed by atoms with Crippen LogP contribution >= 0.6 is 0 Å². The van der Waals surface area contributed by atoms with Crippen LogP contribution in [0.2, 0.25) is 0 Å². The van der Waals surface area contributed by atoms with Crippen molar-refractivity contribution in [3.63, 3.8) is 0 Å². The van der Waals surface area contributed by atoms with E-state index >= 15 is 0 Å². The molecule has 1 unspecified atom stereocenters. The maximum absolute atomic E-state index is 13.7. The lowest BCUT2D eigenvalue weighted by Gasteiger charge is -2.38. The van der Waals surface area contributed by atoms with Gasteiger partial charge in [0.2, 0.25) is 0 Å². The van der Waals surface area contributed by atoms with Crippen molar-refractivity contribution in [2.75, 3.05) is 6.54 Å². The third kappa shape index (κ3) is 3.23. The number of amides is 2. The van der Waals surface area contributed by atoms with Crippen molar-refractivity contribution in [3.8, 4) is 0 Å². The highest BCUT2D eigenvalue weighted by molar-refractivity contribution is 5.76. The van der Waals surface area contributed by atoms with Crippen LogP contribution in [0.4, 0.5) is 9.18 Å². The minimum atomic E-state index is -0.316. The van der Waals surface area contributed by atoms with Crippen LogP contribution in [0.15, 0.2) is 42.6 Å². The summed E-state index contributed by atoms with van der Waals surface area (Å²) in [6.45, 7) is 7.19. The van der Waals surface area contributed by atoms with Gasteiger partial charge in [0.25, 0.3) is 0 Å². The number of rotatable bonds is 1. The minimum absolute atomic E-state index is 0.126. The van der Waals surface area contributed by atoms with E-state index < -0.39 is 0 Å². The number of nitrogens with one attached hydrogen (secondary N) is 1. The summed E-state index contributed by atoms with van der Waals surface area (Å²) in [7, 11) is 0. The summed E-state index contributed by atoms with van der Waals surface area (Å²) in [5.74, 6) is -0.289. The average molecular weight is 315 g/mol. The highest BCUT2D eigenvalue weighted by atomic mass is 19.1. The molecular formula is C18H22FN3O. The fourth-order valence-electron chi connectivity index (χ4n) is 3.02. The molecule has 1 atom stereocenters. The van der Waals surface area contributed by atoms with Gasteiger partial charge in [0, 0.05) is 30.5 Å². The molecule has 3 rings (SSSR count). The number of nitrogens with zero attached hydrogens (tertiary/aromatic N) is 2. The van der Waals surface area contributed by atoms with Crippen LogP contribution in [0.1, 0.15) is 38.1 Å². The van der Waals surface area contributed by atoms with Gasteiger partial charge in [0.15, 0.2) is 0 Å². The number of carbonyl (C=O) groups is 1. The quantitative estimate of drug-likeness (QED) is 0.858. The average Bonchev–Trinajstić information content (AvgIpc) is 2.92. The topological polar surface area (TPSA) is 37.3 Å². The Kier molecular flexibility index (Phi) is 3.88. The second-order valence-electron chi connectivity index (χ2n) is 6.96. The van der Waals surface area contributed by atoms with Gasteiger partial charge < -0.3 is 14.8 Å². The third-order valence-corrected chi connectivity index (χ3v) is 3.95. The summed E-state index contributed by atoms with van der Waals surface area (Å²) in [4.78, 5) is 14.5. The van der Waals surface area contributed by atoms with Crippen molar-refractivity contribution in [1.82, 2.24) is 14.8 Å². The Morgan fingerprint density at radius 1 is 1.22 bits per heavy atom. The molecule has 1 aromatic heterocycles. The molecule has 1 aliphatic rings. The van der Waals surface area contributed by atoms with Gasteiger partial charge in [-0.15, -0.1) is 0 Å². The summed E-state index contributed by atoms with van der Waals surface area (Å²) >= 11 is 0. The molecule has 0 saturated heterocycles. The van der Waals surface area contributed by atoms with Gasteiger partial charge in [0.05, 0.1) is 6.04 Å². The molecule has 2 heterocycles. The molecule has 0 spiro atoms. The van der Waals surface area contributed by atoms with Crippen LogP contribution in [-0.4, -0.2) is 27.6 Å². The van der Waals surface area contributed by atoms with Crippen LogP contribution in [-0.2, 0) is 6.54 Å². The van der Waals surface area contributed by atoms with Crippen molar-refractivity contribution in [1.29, 1.82) is 0 Å². The van der Waals surface area contributed by atoms with Crippen LogP contribution in [0.3, 0.4) is 0 Å². The molecule has 122 valence electrons. The Balaban J connectivity index is 2.00. The first-order valence-electron chi connectivity index (χ1n) is 7.84. The number of hydrogen-bond donors (Lipinski definition) is 1. The number of urea groups is 1. The Hall–Kier alpha value is -2.30. The zero-order valence-corrected chi connectivity index (χ0v) is 13.7. The van der Waals surface area contributed by atoms with Gasteiger partial charge in [-0.2, -0.15) is 0 Å². The standard InChI is InChI=1S/C18H22FN3O/c1-18(2,3)20-17(23)22-11-10-21-9-5-8-15(21)16(22)13-6-4-7-14(19)12-13/h4-9,12,16H,10-11H2,1-3H3,(H,20,23). The van der Waals surface area contributed by atoms with Gasteiger partial charge in [-0.05, 0) is 50.6 Å². The molecule has 0 fully saturated rings. The van der Waals surface area contributed by atoms with Crippen LogP contribution < -0.4 is 5.32 Å². The van der Waals surface area contributed by atoms with Gasteiger partial charge in [-0.3, -0.25) is 0 Å².